The molecule has 2 N–H and O–H groups in total. The molecule has 1 aliphatic heterocycles. The molecule has 0 spiro atoms. The van der Waals surface area contributed by atoms with Gasteiger partial charge in [-0.3, -0.25) is 0 Å². The van der Waals surface area contributed by atoms with Gasteiger partial charge in [0, 0.05) is 18.3 Å². The van der Waals surface area contributed by atoms with Crippen LogP contribution in [0.25, 0.3) is 0 Å². The summed E-state index contributed by atoms with van der Waals surface area (Å²) in [5, 5.41) is 12.1. The lowest BCUT2D eigenvalue weighted by Crippen LogP contribution is -2.24. The zero-order valence-electron chi connectivity index (χ0n) is 10.9. The van der Waals surface area contributed by atoms with Gasteiger partial charge < -0.3 is 15.3 Å². The third-order valence-electron chi connectivity index (χ3n) is 3.33. The van der Waals surface area contributed by atoms with Crippen LogP contribution >= 0.6 is 0 Å². The zero-order valence-corrected chi connectivity index (χ0v) is 10.9. The van der Waals surface area contributed by atoms with Gasteiger partial charge >= 0.3 is 12.1 Å². The SMILES string of the molecule is CN1CCC(Nc2ccc(C(F)(F)F)cc2C(=O)O)C1. The molecule has 0 amide bonds. The molecule has 0 saturated carbocycles. The maximum atomic E-state index is 12.6. The van der Waals surface area contributed by atoms with Crippen molar-refractivity contribution >= 4 is 11.7 Å². The normalized spacial score (nSPS) is 20.1. The van der Waals surface area contributed by atoms with Crippen LogP contribution in [0.15, 0.2) is 18.2 Å². The van der Waals surface area contributed by atoms with Crippen molar-refractivity contribution in [3.05, 3.63) is 29.3 Å². The molecule has 0 aromatic heterocycles. The van der Waals surface area contributed by atoms with Crippen LogP contribution in [0.1, 0.15) is 22.3 Å². The van der Waals surface area contributed by atoms with Crippen molar-refractivity contribution in [3.8, 4) is 0 Å². The summed E-state index contributed by atoms with van der Waals surface area (Å²) in [4.78, 5) is 13.2. The molecular weight excluding hydrogens is 273 g/mol. The topological polar surface area (TPSA) is 52.6 Å². The van der Waals surface area contributed by atoms with Crippen LogP contribution in [0, 0.1) is 0 Å². The molecule has 4 nitrogen and oxygen atoms in total. The fraction of sp³-hybridized carbons (Fsp3) is 0.462. The molecule has 1 aromatic rings. The number of likely N-dealkylation sites (N-methyl/N-ethyl adjacent to an activating group) is 1. The van der Waals surface area contributed by atoms with E-state index in [4.69, 9.17) is 5.11 Å². The van der Waals surface area contributed by atoms with Gasteiger partial charge in [0.2, 0.25) is 0 Å². The van der Waals surface area contributed by atoms with E-state index in [-0.39, 0.29) is 17.3 Å². The van der Waals surface area contributed by atoms with E-state index in [0.29, 0.717) is 6.07 Å². The van der Waals surface area contributed by atoms with Crippen LogP contribution < -0.4 is 5.32 Å². The van der Waals surface area contributed by atoms with Crippen molar-refractivity contribution in [1.82, 2.24) is 4.90 Å². The maximum Gasteiger partial charge on any atom is 0.416 e. The third kappa shape index (κ3) is 3.22. The summed E-state index contributed by atoms with van der Waals surface area (Å²) >= 11 is 0. The number of carboxylic acids is 1. The van der Waals surface area contributed by atoms with Crippen LogP contribution in [0.4, 0.5) is 18.9 Å². The van der Waals surface area contributed by atoms with E-state index in [2.05, 4.69) is 10.2 Å². The number of carbonyl (C=O) groups is 1. The molecule has 0 aliphatic carbocycles. The van der Waals surface area contributed by atoms with E-state index in [0.717, 1.165) is 25.6 Å². The second-order valence-electron chi connectivity index (χ2n) is 4.96. The van der Waals surface area contributed by atoms with Crippen LogP contribution in [0.5, 0.6) is 0 Å². The van der Waals surface area contributed by atoms with Gasteiger partial charge in [0.05, 0.1) is 11.1 Å². The van der Waals surface area contributed by atoms with Crippen molar-refractivity contribution in [3.63, 3.8) is 0 Å². The first-order valence-electron chi connectivity index (χ1n) is 6.17. The number of carboxylic acid groups (broad SMARTS) is 1. The highest BCUT2D eigenvalue weighted by Gasteiger charge is 2.32. The number of hydrogen-bond acceptors (Lipinski definition) is 3. The molecule has 20 heavy (non-hydrogen) atoms. The Bertz CT molecular complexity index is 517. The number of nitrogens with zero attached hydrogens (tertiary/aromatic N) is 1. The molecule has 0 bridgehead atoms. The lowest BCUT2D eigenvalue weighted by Gasteiger charge is -2.17. The third-order valence-corrected chi connectivity index (χ3v) is 3.33. The van der Waals surface area contributed by atoms with Gasteiger partial charge in [-0.1, -0.05) is 0 Å². The van der Waals surface area contributed by atoms with Gasteiger partial charge in [0.25, 0.3) is 0 Å². The number of benzene rings is 1. The standard InChI is InChI=1S/C13H15F3N2O2/c1-18-5-4-9(7-18)17-11-3-2-8(13(14,15)16)6-10(11)12(19)20/h2-3,6,9,17H,4-5,7H2,1H3,(H,19,20). The number of aromatic carboxylic acids is 1. The number of rotatable bonds is 3. The fourth-order valence-electron chi connectivity index (χ4n) is 2.30. The van der Waals surface area contributed by atoms with Crippen molar-refractivity contribution < 1.29 is 23.1 Å². The fourth-order valence-corrected chi connectivity index (χ4v) is 2.30. The molecule has 0 radical (unpaired) electrons. The van der Waals surface area contributed by atoms with Crippen LogP contribution in [0.3, 0.4) is 0 Å². The highest BCUT2D eigenvalue weighted by Crippen LogP contribution is 2.32. The van der Waals surface area contributed by atoms with Gasteiger partial charge in [-0.25, -0.2) is 4.79 Å². The average Bonchev–Trinajstić information content (AvgIpc) is 2.73. The first-order valence-corrected chi connectivity index (χ1v) is 6.17. The zero-order chi connectivity index (χ0) is 14.9. The number of nitrogens with one attached hydrogen (secondary N) is 1. The highest BCUT2D eigenvalue weighted by atomic mass is 19.4. The monoisotopic (exact) mass is 288 g/mol. The smallest absolute Gasteiger partial charge is 0.416 e. The molecule has 7 heteroatoms. The molecule has 1 atom stereocenters. The Morgan fingerprint density at radius 3 is 2.65 bits per heavy atom. The summed E-state index contributed by atoms with van der Waals surface area (Å²) in [7, 11) is 1.94. The first-order chi connectivity index (χ1) is 9.27. The van der Waals surface area contributed by atoms with Crippen LogP contribution in [-0.4, -0.2) is 42.2 Å². The lowest BCUT2D eigenvalue weighted by atomic mass is 10.1. The minimum absolute atomic E-state index is 0.0508. The van der Waals surface area contributed by atoms with E-state index in [1.165, 1.54) is 6.07 Å². The van der Waals surface area contributed by atoms with Crippen molar-refractivity contribution in [2.45, 2.75) is 18.6 Å². The Balaban J connectivity index is 2.26. The average molecular weight is 288 g/mol. The number of halogens is 3. The number of hydrogen-bond donors (Lipinski definition) is 2. The summed E-state index contributed by atoms with van der Waals surface area (Å²) in [6.45, 7) is 1.61. The highest BCUT2D eigenvalue weighted by molar-refractivity contribution is 5.94. The Labute approximate surface area is 114 Å². The predicted octanol–water partition coefficient (Wildman–Crippen LogP) is 2.52. The van der Waals surface area contributed by atoms with Gasteiger partial charge in [-0.2, -0.15) is 13.2 Å². The predicted molar refractivity (Wildman–Crippen MR) is 67.9 cm³/mol. The second-order valence-corrected chi connectivity index (χ2v) is 4.96. The van der Waals surface area contributed by atoms with Crippen molar-refractivity contribution in [1.29, 1.82) is 0 Å². The van der Waals surface area contributed by atoms with Crippen LogP contribution in [-0.2, 0) is 6.18 Å². The minimum Gasteiger partial charge on any atom is -0.478 e. The van der Waals surface area contributed by atoms with Gasteiger partial charge in [0.15, 0.2) is 0 Å². The Morgan fingerprint density at radius 2 is 2.15 bits per heavy atom. The molecule has 1 fully saturated rings. The van der Waals surface area contributed by atoms with E-state index in [1.54, 1.807) is 0 Å². The lowest BCUT2D eigenvalue weighted by molar-refractivity contribution is -0.137. The van der Waals surface area contributed by atoms with E-state index >= 15 is 0 Å². The Morgan fingerprint density at radius 1 is 1.45 bits per heavy atom. The number of anilines is 1. The summed E-state index contributed by atoms with van der Waals surface area (Å²) < 4.78 is 37.8. The first kappa shape index (κ1) is 14.6. The molecule has 1 aromatic carbocycles. The number of likely N-dealkylation sites (tertiary alicyclic amines) is 1. The van der Waals surface area contributed by atoms with E-state index in [1.807, 2.05) is 7.05 Å². The van der Waals surface area contributed by atoms with E-state index in [9.17, 15) is 18.0 Å². The summed E-state index contributed by atoms with van der Waals surface area (Å²) in [5.41, 5.74) is -1.08. The largest absolute Gasteiger partial charge is 0.478 e. The minimum atomic E-state index is -4.55. The Hall–Kier alpha value is -1.76. The summed E-state index contributed by atoms with van der Waals surface area (Å²) in [6.07, 6.45) is -3.72. The number of alkyl halides is 3. The van der Waals surface area contributed by atoms with Gasteiger partial charge in [-0.05, 0) is 38.2 Å². The van der Waals surface area contributed by atoms with Gasteiger partial charge in [0.1, 0.15) is 0 Å². The quantitative estimate of drug-likeness (QED) is 0.897. The molecule has 110 valence electrons. The molecule has 2 rings (SSSR count). The van der Waals surface area contributed by atoms with Crippen molar-refractivity contribution in [2.24, 2.45) is 0 Å². The summed E-state index contributed by atoms with van der Waals surface area (Å²) in [5.74, 6) is -1.37. The van der Waals surface area contributed by atoms with Gasteiger partial charge in [-0.15, -0.1) is 0 Å². The summed E-state index contributed by atoms with van der Waals surface area (Å²) in [6, 6.07) is 2.80. The maximum absolute atomic E-state index is 12.6. The van der Waals surface area contributed by atoms with Crippen molar-refractivity contribution in [2.75, 3.05) is 25.5 Å². The van der Waals surface area contributed by atoms with Crippen LogP contribution in [0.2, 0.25) is 0 Å². The molecule has 1 saturated heterocycles. The molecule has 1 heterocycles. The second kappa shape index (κ2) is 5.32. The van der Waals surface area contributed by atoms with E-state index < -0.39 is 17.7 Å². The molecular formula is C13H15F3N2O2. The molecule has 1 unspecified atom stereocenters. The molecule has 1 aliphatic rings. The Kier molecular flexibility index (Phi) is 3.89.